The number of anilines is 1. The summed E-state index contributed by atoms with van der Waals surface area (Å²) in [6, 6.07) is 8.23. The van der Waals surface area contributed by atoms with Crippen LogP contribution in [-0.4, -0.2) is 31.3 Å². The van der Waals surface area contributed by atoms with Gasteiger partial charge in [0.15, 0.2) is 0 Å². The summed E-state index contributed by atoms with van der Waals surface area (Å²) >= 11 is 0. The van der Waals surface area contributed by atoms with Gasteiger partial charge in [0.2, 0.25) is 10.0 Å². The first-order chi connectivity index (χ1) is 10.2. The van der Waals surface area contributed by atoms with Crippen LogP contribution in [0, 0.1) is 0 Å². The van der Waals surface area contributed by atoms with E-state index in [0.717, 1.165) is 10.7 Å². The summed E-state index contributed by atoms with van der Waals surface area (Å²) in [6.07, 6.45) is 2.79. The Hall–Kier alpha value is -1.60. The summed E-state index contributed by atoms with van der Waals surface area (Å²) in [7, 11) is -3.71. The average molecular weight is 328 g/mol. The van der Waals surface area contributed by atoms with Gasteiger partial charge in [-0.05, 0) is 25.0 Å². The molecular formula is C15H24N2O4S. The fourth-order valence-electron chi connectivity index (χ4n) is 2.28. The van der Waals surface area contributed by atoms with Crippen LogP contribution in [0.1, 0.15) is 39.5 Å². The summed E-state index contributed by atoms with van der Waals surface area (Å²) in [5.41, 5.74) is 1.09. The maximum Gasteiger partial charge on any atom is 0.271 e. The average Bonchev–Trinajstić information content (AvgIpc) is 2.44. The molecule has 0 bridgehead atoms. The molecular weight excluding hydrogens is 304 g/mol. The highest BCUT2D eigenvalue weighted by atomic mass is 32.2. The van der Waals surface area contributed by atoms with Crippen LogP contribution < -0.4 is 9.84 Å². The predicted octanol–water partition coefficient (Wildman–Crippen LogP) is 1.82. The molecule has 22 heavy (non-hydrogen) atoms. The molecule has 0 aromatic heterocycles. The third-order valence-corrected chi connectivity index (χ3v) is 4.24. The Morgan fingerprint density at radius 3 is 2.09 bits per heavy atom. The van der Waals surface area contributed by atoms with Gasteiger partial charge in [0.25, 0.3) is 5.91 Å². The highest BCUT2D eigenvalue weighted by Crippen LogP contribution is 2.21. The number of nitrogens with zero attached hydrogens (tertiary/aromatic N) is 1. The van der Waals surface area contributed by atoms with E-state index >= 15 is 0 Å². The lowest BCUT2D eigenvalue weighted by Gasteiger charge is -2.30. The quantitative estimate of drug-likeness (QED) is 0.713. The largest absolute Gasteiger partial charge is 0.380 e. The molecule has 0 aliphatic carbocycles. The number of carbonyl (C=O) groups excluding carboxylic acids is 1. The second-order valence-electron chi connectivity index (χ2n) is 5.34. The topological polar surface area (TPSA) is 86.7 Å². The third kappa shape index (κ3) is 4.71. The SMILES string of the molecule is CCCC(O)(CCC)C(=O)NN(c1ccccc1)S(C)(=O)=O. The molecule has 0 aliphatic heterocycles. The molecule has 0 unspecified atom stereocenters. The van der Waals surface area contributed by atoms with Crippen molar-refractivity contribution in [2.45, 2.75) is 45.1 Å². The molecule has 0 spiro atoms. The summed E-state index contributed by atoms with van der Waals surface area (Å²) in [5, 5.41) is 10.5. The van der Waals surface area contributed by atoms with Gasteiger partial charge in [-0.3, -0.25) is 10.2 Å². The molecule has 0 saturated carbocycles. The number of para-hydroxylation sites is 1. The lowest BCUT2D eigenvalue weighted by atomic mass is 9.92. The zero-order valence-electron chi connectivity index (χ0n) is 13.2. The number of amides is 1. The van der Waals surface area contributed by atoms with Crippen molar-refractivity contribution in [1.29, 1.82) is 0 Å². The molecule has 1 aromatic rings. The molecule has 0 fully saturated rings. The molecule has 1 amide bonds. The van der Waals surface area contributed by atoms with Crippen LogP contribution >= 0.6 is 0 Å². The van der Waals surface area contributed by atoms with Crippen LogP contribution in [0.25, 0.3) is 0 Å². The van der Waals surface area contributed by atoms with E-state index < -0.39 is 21.5 Å². The molecule has 0 atom stereocenters. The Morgan fingerprint density at radius 2 is 1.68 bits per heavy atom. The first-order valence-electron chi connectivity index (χ1n) is 7.33. The van der Waals surface area contributed by atoms with Gasteiger partial charge < -0.3 is 5.11 Å². The van der Waals surface area contributed by atoms with E-state index in [1.54, 1.807) is 30.3 Å². The minimum absolute atomic E-state index is 0.277. The molecule has 2 N–H and O–H groups in total. The number of benzene rings is 1. The van der Waals surface area contributed by atoms with Crippen molar-refractivity contribution in [3.63, 3.8) is 0 Å². The number of rotatable bonds is 8. The molecule has 0 saturated heterocycles. The number of hydrogen-bond donors (Lipinski definition) is 2. The van der Waals surface area contributed by atoms with Gasteiger partial charge in [-0.2, -0.15) is 4.41 Å². The summed E-state index contributed by atoms with van der Waals surface area (Å²) in [4.78, 5) is 12.4. The van der Waals surface area contributed by atoms with E-state index in [4.69, 9.17) is 0 Å². The minimum Gasteiger partial charge on any atom is -0.380 e. The second kappa shape index (κ2) is 7.60. The zero-order valence-corrected chi connectivity index (χ0v) is 14.1. The fourth-order valence-corrected chi connectivity index (χ4v) is 3.03. The summed E-state index contributed by atoms with van der Waals surface area (Å²) in [6.45, 7) is 3.72. The van der Waals surface area contributed by atoms with Gasteiger partial charge in [-0.15, -0.1) is 0 Å². The molecule has 6 nitrogen and oxygen atoms in total. The van der Waals surface area contributed by atoms with E-state index in [1.165, 1.54) is 0 Å². The molecule has 0 aliphatic rings. The monoisotopic (exact) mass is 328 g/mol. The minimum atomic E-state index is -3.71. The van der Waals surface area contributed by atoms with E-state index in [0.29, 0.717) is 18.5 Å². The van der Waals surface area contributed by atoms with Crippen molar-refractivity contribution in [3.05, 3.63) is 30.3 Å². The lowest BCUT2D eigenvalue weighted by Crippen LogP contribution is -2.55. The summed E-state index contributed by atoms with van der Waals surface area (Å²) in [5.74, 6) is -0.703. The van der Waals surface area contributed by atoms with Crippen molar-refractivity contribution < 1.29 is 18.3 Å². The lowest BCUT2D eigenvalue weighted by molar-refractivity contribution is -0.141. The highest BCUT2D eigenvalue weighted by molar-refractivity contribution is 7.92. The van der Waals surface area contributed by atoms with E-state index in [-0.39, 0.29) is 12.8 Å². The van der Waals surface area contributed by atoms with Crippen molar-refractivity contribution in [2.75, 3.05) is 10.7 Å². The summed E-state index contributed by atoms with van der Waals surface area (Å²) < 4.78 is 24.7. The van der Waals surface area contributed by atoms with Crippen LogP contribution in [0.4, 0.5) is 5.69 Å². The molecule has 0 heterocycles. The zero-order chi connectivity index (χ0) is 16.8. The van der Waals surface area contributed by atoms with E-state index in [9.17, 15) is 18.3 Å². The van der Waals surface area contributed by atoms with E-state index in [2.05, 4.69) is 5.43 Å². The van der Waals surface area contributed by atoms with Crippen LogP contribution in [0.15, 0.2) is 30.3 Å². The number of nitrogens with one attached hydrogen (secondary N) is 1. The van der Waals surface area contributed by atoms with Crippen molar-refractivity contribution in [1.82, 2.24) is 5.43 Å². The number of hydrazine groups is 1. The van der Waals surface area contributed by atoms with Gasteiger partial charge in [0.1, 0.15) is 5.60 Å². The Kier molecular flexibility index (Phi) is 6.37. The van der Waals surface area contributed by atoms with Crippen LogP contribution in [0.2, 0.25) is 0 Å². The van der Waals surface area contributed by atoms with Gasteiger partial charge in [-0.1, -0.05) is 44.9 Å². The maximum absolute atomic E-state index is 12.4. The Bertz CT molecular complexity index is 581. The molecule has 1 rings (SSSR count). The first kappa shape index (κ1) is 18.4. The highest BCUT2D eigenvalue weighted by Gasteiger charge is 2.36. The number of sulfonamides is 1. The van der Waals surface area contributed by atoms with Crippen molar-refractivity contribution >= 4 is 21.6 Å². The van der Waals surface area contributed by atoms with Gasteiger partial charge in [-0.25, -0.2) is 8.42 Å². The maximum atomic E-state index is 12.4. The van der Waals surface area contributed by atoms with Gasteiger partial charge in [0, 0.05) is 0 Å². The van der Waals surface area contributed by atoms with Crippen molar-refractivity contribution in [2.24, 2.45) is 0 Å². The van der Waals surface area contributed by atoms with Gasteiger partial charge >= 0.3 is 0 Å². The van der Waals surface area contributed by atoms with Crippen LogP contribution in [0.5, 0.6) is 0 Å². The molecule has 7 heteroatoms. The van der Waals surface area contributed by atoms with Crippen LogP contribution in [-0.2, 0) is 14.8 Å². The smallest absolute Gasteiger partial charge is 0.271 e. The third-order valence-electron chi connectivity index (χ3n) is 3.28. The molecule has 0 radical (unpaired) electrons. The Labute approximate surface area is 132 Å². The Morgan fingerprint density at radius 1 is 1.18 bits per heavy atom. The number of hydrogen-bond acceptors (Lipinski definition) is 4. The predicted molar refractivity (Wildman–Crippen MR) is 86.7 cm³/mol. The van der Waals surface area contributed by atoms with E-state index in [1.807, 2.05) is 13.8 Å². The standard InChI is InChI=1S/C15H24N2O4S/c1-4-11-15(19,12-5-2)14(18)16-17(22(3,20)21)13-9-7-6-8-10-13/h6-10,19H,4-5,11-12H2,1-3H3,(H,16,18). The Balaban J connectivity index is 3.07. The molecule has 124 valence electrons. The molecule has 1 aromatic carbocycles. The number of aliphatic hydroxyl groups is 1. The number of carbonyl (C=O) groups is 1. The van der Waals surface area contributed by atoms with Gasteiger partial charge in [0.05, 0.1) is 11.9 Å². The normalized spacial score (nSPS) is 12.0. The fraction of sp³-hybridized carbons (Fsp3) is 0.533. The van der Waals surface area contributed by atoms with Crippen LogP contribution in [0.3, 0.4) is 0 Å². The first-order valence-corrected chi connectivity index (χ1v) is 9.18. The second-order valence-corrected chi connectivity index (χ2v) is 7.17. The van der Waals surface area contributed by atoms with Crippen molar-refractivity contribution in [3.8, 4) is 0 Å².